The number of phenolic OH excluding ortho intramolecular Hbond substituents is 1. The molecule has 0 amide bonds. The van der Waals surface area contributed by atoms with Crippen LogP contribution in [0.4, 0.5) is 5.69 Å². The Morgan fingerprint density at radius 1 is 1.10 bits per heavy atom. The number of hydrogen-bond donors (Lipinski definition) is 2. The minimum atomic E-state index is 0.257. The molecule has 0 heterocycles. The molecule has 0 atom stereocenters. The van der Waals surface area contributed by atoms with Crippen LogP contribution in [0.1, 0.15) is 11.1 Å². The van der Waals surface area contributed by atoms with Crippen molar-refractivity contribution in [3.8, 4) is 17.2 Å². The Morgan fingerprint density at radius 3 is 2.48 bits per heavy atom. The van der Waals surface area contributed by atoms with Crippen molar-refractivity contribution in [2.24, 2.45) is 0 Å². The summed E-state index contributed by atoms with van der Waals surface area (Å²) in [5.74, 6) is 1.44. The second-order valence-corrected chi connectivity index (χ2v) is 5.08. The molecule has 0 fully saturated rings. The first-order chi connectivity index (χ1) is 10.0. The molecule has 4 nitrogen and oxygen atoms in total. The number of hydrogen-bond acceptors (Lipinski definition) is 4. The molecule has 0 aliphatic heterocycles. The first-order valence-corrected chi connectivity index (χ1v) is 6.87. The average Bonchev–Trinajstić information content (AvgIpc) is 2.48. The summed E-state index contributed by atoms with van der Waals surface area (Å²) in [7, 11) is 3.14. The maximum Gasteiger partial charge on any atom is 0.143 e. The first-order valence-electron chi connectivity index (χ1n) is 6.49. The predicted octanol–water partition coefficient (Wildman–Crippen LogP) is 3.98. The smallest absolute Gasteiger partial charge is 0.143 e. The number of methoxy groups -OCH3 is 2. The zero-order valence-corrected chi connectivity index (χ0v) is 13.0. The lowest BCUT2D eigenvalue weighted by atomic mass is 10.1. The van der Waals surface area contributed by atoms with E-state index in [-0.39, 0.29) is 5.75 Å². The molecule has 2 rings (SSSR count). The third-order valence-electron chi connectivity index (χ3n) is 3.18. The molecule has 0 radical (unpaired) electrons. The number of phenols is 1. The van der Waals surface area contributed by atoms with Crippen LogP contribution in [0.5, 0.6) is 17.2 Å². The number of ether oxygens (including phenoxy) is 2. The number of aromatic hydroxyl groups is 1. The van der Waals surface area contributed by atoms with Crippen LogP contribution in [0.25, 0.3) is 0 Å². The molecular formula is C16H18ClNO3. The molecule has 5 heteroatoms. The lowest BCUT2D eigenvalue weighted by Gasteiger charge is -2.14. The third-order valence-corrected chi connectivity index (χ3v) is 3.47. The normalized spacial score (nSPS) is 10.3. The van der Waals surface area contributed by atoms with Crippen LogP contribution in [0.3, 0.4) is 0 Å². The molecule has 0 unspecified atom stereocenters. The van der Waals surface area contributed by atoms with Crippen molar-refractivity contribution >= 4 is 17.3 Å². The van der Waals surface area contributed by atoms with Crippen LogP contribution in [-0.4, -0.2) is 19.3 Å². The summed E-state index contributed by atoms with van der Waals surface area (Å²) in [5, 5.41) is 13.6. The highest BCUT2D eigenvalue weighted by molar-refractivity contribution is 6.32. The lowest BCUT2D eigenvalue weighted by molar-refractivity contribution is 0.404. The molecule has 0 spiro atoms. The molecule has 0 saturated carbocycles. The number of nitrogens with one attached hydrogen (secondary N) is 1. The highest BCUT2D eigenvalue weighted by Gasteiger charge is 2.10. The number of halogens is 1. The van der Waals surface area contributed by atoms with E-state index in [4.69, 9.17) is 21.1 Å². The summed E-state index contributed by atoms with van der Waals surface area (Å²) >= 11 is 6.07. The van der Waals surface area contributed by atoms with Gasteiger partial charge in [0.25, 0.3) is 0 Å². The van der Waals surface area contributed by atoms with Crippen LogP contribution in [0.2, 0.25) is 5.02 Å². The molecule has 112 valence electrons. The van der Waals surface area contributed by atoms with Crippen molar-refractivity contribution < 1.29 is 14.6 Å². The summed E-state index contributed by atoms with van der Waals surface area (Å²) in [6.07, 6.45) is 0. The summed E-state index contributed by atoms with van der Waals surface area (Å²) < 4.78 is 10.5. The van der Waals surface area contributed by atoms with Crippen LogP contribution in [0, 0.1) is 6.92 Å². The molecule has 0 aliphatic rings. The van der Waals surface area contributed by atoms with Gasteiger partial charge in [0, 0.05) is 24.2 Å². The Kier molecular flexibility index (Phi) is 4.81. The van der Waals surface area contributed by atoms with Gasteiger partial charge in [0.1, 0.15) is 17.2 Å². The van der Waals surface area contributed by atoms with E-state index in [1.54, 1.807) is 32.4 Å². The summed E-state index contributed by atoms with van der Waals surface area (Å²) in [4.78, 5) is 0. The van der Waals surface area contributed by atoms with E-state index >= 15 is 0 Å². The summed E-state index contributed by atoms with van der Waals surface area (Å²) in [5.41, 5.74) is 2.65. The van der Waals surface area contributed by atoms with E-state index in [2.05, 4.69) is 5.32 Å². The van der Waals surface area contributed by atoms with Crippen molar-refractivity contribution in [2.45, 2.75) is 13.5 Å². The Labute approximate surface area is 129 Å². The maximum atomic E-state index is 9.87. The fourth-order valence-corrected chi connectivity index (χ4v) is 2.28. The standard InChI is InChI=1S/C16H18ClNO3/c1-10-4-5-14(19)11(6-10)9-18-13-8-15(20-2)12(17)7-16(13)21-3/h4-8,18-19H,9H2,1-3H3. The minimum Gasteiger partial charge on any atom is -0.508 e. The van der Waals surface area contributed by atoms with Gasteiger partial charge in [-0.3, -0.25) is 0 Å². The molecule has 0 bridgehead atoms. The van der Waals surface area contributed by atoms with E-state index in [9.17, 15) is 5.11 Å². The molecule has 0 saturated heterocycles. The molecule has 0 aromatic heterocycles. The van der Waals surface area contributed by atoms with Gasteiger partial charge in [0.15, 0.2) is 0 Å². The van der Waals surface area contributed by atoms with E-state index < -0.39 is 0 Å². The average molecular weight is 308 g/mol. The quantitative estimate of drug-likeness (QED) is 0.877. The third kappa shape index (κ3) is 3.52. The van der Waals surface area contributed by atoms with Crippen LogP contribution in [-0.2, 0) is 6.54 Å². The van der Waals surface area contributed by atoms with Crippen molar-refractivity contribution in [3.63, 3.8) is 0 Å². The summed E-state index contributed by atoms with van der Waals surface area (Å²) in [6.45, 7) is 2.45. The number of aryl methyl sites for hydroxylation is 1. The van der Waals surface area contributed by atoms with E-state index in [1.165, 1.54) is 0 Å². The fourth-order valence-electron chi connectivity index (χ4n) is 2.04. The molecule has 21 heavy (non-hydrogen) atoms. The Balaban J connectivity index is 2.24. The Hall–Kier alpha value is -2.07. The SMILES string of the molecule is COc1cc(NCc2cc(C)ccc2O)c(OC)cc1Cl. The zero-order chi connectivity index (χ0) is 15.4. The second-order valence-electron chi connectivity index (χ2n) is 4.67. The Bertz CT molecular complexity index is 644. The van der Waals surface area contributed by atoms with Crippen LogP contribution < -0.4 is 14.8 Å². The molecule has 2 N–H and O–H groups in total. The maximum absolute atomic E-state index is 9.87. The van der Waals surface area contributed by atoms with Crippen molar-refractivity contribution in [1.29, 1.82) is 0 Å². The molecule has 2 aromatic rings. The van der Waals surface area contributed by atoms with Crippen molar-refractivity contribution in [3.05, 3.63) is 46.5 Å². The fraction of sp³-hybridized carbons (Fsp3) is 0.250. The van der Waals surface area contributed by atoms with Crippen molar-refractivity contribution in [2.75, 3.05) is 19.5 Å². The highest BCUT2D eigenvalue weighted by Crippen LogP contribution is 2.36. The van der Waals surface area contributed by atoms with Gasteiger partial charge >= 0.3 is 0 Å². The second kappa shape index (κ2) is 6.59. The van der Waals surface area contributed by atoms with Gasteiger partial charge in [-0.2, -0.15) is 0 Å². The van der Waals surface area contributed by atoms with Gasteiger partial charge in [-0.05, 0) is 13.0 Å². The van der Waals surface area contributed by atoms with Crippen LogP contribution >= 0.6 is 11.6 Å². The summed E-state index contributed by atoms with van der Waals surface area (Å²) in [6, 6.07) is 8.95. The lowest BCUT2D eigenvalue weighted by Crippen LogP contribution is -2.02. The topological polar surface area (TPSA) is 50.7 Å². The molecule has 0 aliphatic carbocycles. The van der Waals surface area contributed by atoms with E-state index in [0.29, 0.717) is 23.1 Å². The molecular weight excluding hydrogens is 290 g/mol. The highest BCUT2D eigenvalue weighted by atomic mass is 35.5. The van der Waals surface area contributed by atoms with Gasteiger partial charge in [-0.15, -0.1) is 0 Å². The Morgan fingerprint density at radius 2 is 1.81 bits per heavy atom. The monoisotopic (exact) mass is 307 g/mol. The zero-order valence-electron chi connectivity index (χ0n) is 12.2. The van der Waals surface area contributed by atoms with Gasteiger partial charge in [0.2, 0.25) is 0 Å². The van der Waals surface area contributed by atoms with Crippen molar-refractivity contribution in [1.82, 2.24) is 0 Å². The predicted molar refractivity (Wildman–Crippen MR) is 84.7 cm³/mol. The van der Waals surface area contributed by atoms with Gasteiger partial charge in [0.05, 0.1) is 24.9 Å². The number of rotatable bonds is 5. The van der Waals surface area contributed by atoms with Crippen LogP contribution in [0.15, 0.2) is 30.3 Å². The van der Waals surface area contributed by atoms with Gasteiger partial charge < -0.3 is 19.9 Å². The largest absolute Gasteiger partial charge is 0.508 e. The number of anilines is 1. The van der Waals surface area contributed by atoms with E-state index in [0.717, 1.165) is 16.8 Å². The number of benzene rings is 2. The van der Waals surface area contributed by atoms with Gasteiger partial charge in [-0.1, -0.05) is 29.3 Å². The minimum absolute atomic E-state index is 0.257. The molecule has 2 aromatic carbocycles. The van der Waals surface area contributed by atoms with E-state index in [1.807, 2.05) is 19.1 Å². The van der Waals surface area contributed by atoms with Gasteiger partial charge in [-0.25, -0.2) is 0 Å². The first kappa shape index (κ1) is 15.3.